The van der Waals surface area contributed by atoms with Crippen LogP contribution in [-0.4, -0.2) is 74.7 Å². The van der Waals surface area contributed by atoms with E-state index < -0.39 is 5.60 Å². The summed E-state index contributed by atoms with van der Waals surface area (Å²) in [5, 5.41) is 13.7. The molecule has 1 aliphatic heterocycles. The number of rotatable bonds is 4. The Morgan fingerprint density at radius 3 is 2.81 bits per heavy atom. The zero-order chi connectivity index (χ0) is 14.4. The van der Waals surface area contributed by atoms with Crippen LogP contribution in [0.1, 0.15) is 25.7 Å². The van der Waals surface area contributed by atoms with Crippen LogP contribution in [0.25, 0.3) is 0 Å². The molecule has 1 heterocycles. The number of methoxy groups -OCH3 is 1. The van der Waals surface area contributed by atoms with Crippen molar-refractivity contribution in [2.45, 2.75) is 37.4 Å². The molecule has 0 aromatic heterocycles. The third-order valence-electron chi connectivity index (χ3n) is 4.11. The molecule has 1 saturated heterocycles. The van der Waals surface area contributed by atoms with Crippen molar-refractivity contribution < 1.29 is 14.6 Å². The van der Waals surface area contributed by atoms with E-state index in [1.54, 1.807) is 14.2 Å². The highest BCUT2D eigenvalue weighted by Crippen LogP contribution is 2.28. The predicted molar refractivity (Wildman–Crippen MR) is 93.4 cm³/mol. The fourth-order valence-corrected chi connectivity index (χ4v) is 2.98. The van der Waals surface area contributed by atoms with Crippen LogP contribution in [0, 0.1) is 0 Å². The van der Waals surface area contributed by atoms with E-state index in [-0.39, 0.29) is 30.1 Å². The van der Waals surface area contributed by atoms with Gasteiger partial charge in [0.25, 0.3) is 0 Å². The highest BCUT2D eigenvalue weighted by molar-refractivity contribution is 14.0. The minimum atomic E-state index is -0.561. The molecule has 2 N–H and O–H groups in total. The molecule has 0 bridgehead atoms. The molecule has 0 aromatic carbocycles. The smallest absolute Gasteiger partial charge is 0.193 e. The van der Waals surface area contributed by atoms with Crippen LogP contribution >= 0.6 is 24.0 Å². The van der Waals surface area contributed by atoms with Gasteiger partial charge in [-0.2, -0.15) is 0 Å². The molecule has 0 amide bonds. The number of nitrogens with one attached hydrogen (secondary N) is 1. The molecule has 2 rings (SSSR count). The van der Waals surface area contributed by atoms with Gasteiger partial charge >= 0.3 is 0 Å². The quantitative estimate of drug-likeness (QED) is 0.406. The largest absolute Gasteiger partial charge is 0.388 e. The summed E-state index contributed by atoms with van der Waals surface area (Å²) in [6.07, 6.45) is 4.08. The lowest BCUT2D eigenvalue weighted by atomic mass is 10.0. The van der Waals surface area contributed by atoms with Crippen molar-refractivity contribution in [1.82, 2.24) is 10.2 Å². The van der Waals surface area contributed by atoms with Crippen LogP contribution in [0.15, 0.2) is 4.99 Å². The fraction of sp³-hybridized carbons (Fsp3) is 0.929. The number of ether oxygens (including phenoxy) is 2. The van der Waals surface area contributed by atoms with Crippen LogP contribution in [0.2, 0.25) is 0 Å². The monoisotopic (exact) mass is 413 g/mol. The van der Waals surface area contributed by atoms with Crippen molar-refractivity contribution in [2.75, 3.05) is 47.0 Å². The molecule has 0 spiro atoms. The van der Waals surface area contributed by atoms with Gasteiger partial charge in [0.1, 0.15) is 0 Å². The zero-order valence-corrected chi connectivity index (χ0v) is 15.3. The van der Waals surface area contributed by atoms with Crippen molar-refractivity contribution in [3.05, 3.63) is 0 Å². The summed E-state index contributed by atoms with van der Waals surface area (Å²) in [7, 11) is 3.47. The van der Waals surface area contributed by atoms with E-state index in [4.69, 9.17) is 9.47 Å². The summed E-state index contributed by atoms with van der Waals surface area (Å²) in [5.74, 6) is 0.842. The number of hydrogen-bond donors (Lipinski definition) is 2. The standard InChI is InChI=1S/C14H27N3O3.HI/c1-15-13(16-11-14(18)5-3-4-6-14)17-7-8-20-12(9-17)10-19-2;/h12,18H,3-11H2,1-2H3,(H,15,16);1H. The second-order valence-corrected chi connectivity index (χ2v) is 5.73. The topological polar surface area (TPSA) is 66.3 Å². The van der Waals surface area contributed by atoms with Crippen LogP contribution in [-0.2, 0) is 9.47 Å². The normalized spacial score (nSPS) is 25.6. The molecular formula is C14H28IN3O3. The highest BCUT2D eigenvalue weighted by Gasteiger charge is 2.32. The van der Waals surface area contributed by atoms with E-state index in [0.29, 0.717) is 19.8 Å². The van der Waals surface area contributed by atoms with Crippen molar-refractivity contribution >= 4 is 29.9 Å². The van der Waals surface area contributed by atoms with Crippen molar-refractivity contribution in [2.24, 2.45) is 4.99 Å². The van der Waals surface area contributed by atoms with Gasteiger partial charge in [0.2, 0.25) is 0 Å². The lowest BCUT2D eigenvalue weighted by molar-refractivity contribution is -0.0450. The molecule has 1 unspecified atom stereocenters. The maximum Gasteiger partial charge on any atom is 0.193 e. The Morgan fingerprint density at radius 1 is 1.48 bits per heavy atom. The Morgan fingerprint density at radius 2 is 2.19 bits per heavy atom. The number of morpholine rings is 1. The van der Waals surface area contributed by atoms with E-state index >= 15 is 0 Å². The summed E-state index contributed by atoms with van der Waals surface area (Å²) in [5.41, 5.74) is -0.561. The van der Waals surface area contributed by atoms with Crippen molar-refractivity contribution in [3.63, 3.8) is 0 Å². The molecule has 0 radical (unpaired) electrons. The minimum Gasteiger partial charge on any atom is -0.388 e. The van der Waals surface area contributed by atoms with Gasteiger partial charge in [0.05, 0.1) is 24.9 Å². The maximum absolute atomic E-state index is 10.4. The Kier molecular flexibility index (Phi) is 8.22. The summed E-state index contributed by atoms with van der Waals surface area (Å²) in [4.78, 5) is 6.49. The third-order valence-corrected chi connectivity index (χ3v) is 4.11. The van der Waals surface area contributed by atoms with E-state index in [1.807, 2.05) is 0 Å². The van der Waals surface area contributed by atoms with Crippen LogP contribution < -0.4 is 5.32 Å². The van der Waals surface area contributed by atoms with Gasteiger partial charge in [-0.1, -0.05) is 12.8 Å². The second kappa shape index (κ2) is 9.12. The molecule has 2 aliphatic rings. The first-order valence-corrected chi connectivity index (χ1v) is 7.45. The van der Waals surface area contributed by atoms with Crippen LogP contribution in [0.5, 0.6) is 0 Å². The molecule has 0 aromatic rings. The number of halogens is 1. The van der Waals surface area contributed by atoms with E-state index in [2.05, 4.69) is 15.2 Å². The van der Waals surface area contributed by atoms with E-state index in [9.17, 15) is 5.11 Å². The molecular weight excluding hydrogens is 385 g/mol. The highest BCUT2D eigenvalue weighted by atomic mass is 127. The average Bonchev–Trinajstić information content (AvgIpc) is 2.88. The van der Waals surface area contributed by atoms with Gasteiger partial charge in [-0.3, -0.25) is 4.99 Å². The third kappa shape index (κ3) is 5.54. The van der Waals surface area contributed by atoms with Gasteiger partial charge in [0, 0.05) is 33.8 Å². The molecule has 2 fully saturated rings. The van der Waals surface area contributed by atoms with Crippen LogP contribution in [0.3, 0.4) is 0 Å². The first kappa shape index (κ1) is 18.9. The summed E-state index contributed by atoms with van der Waals surface area (Å²) >= 11 is 0. The average molecular weight is 413 g/mol. The number of aliphatic imine (C=N–C) groups is 1. The Bertz CT molecular complexity index is 333. The van der Waals surface area contributed by atoms with Crippen LogP contribution in [0.4, 0.5) is 0 Å². The first-order chi connectivity index (χ1) is 9.67. The predicted octanol–water partition coefficient (Wildman–Crippen LogP) is 0.832. The Balaban J connectivity index is 0.00000220. The van der Waals surface area contributed by atoms with Crippen molar-refractivity contribution in [3.8, 4) is 0 Å². The summed E-state index contributed by atoms with van der Waals surface area (Å²) < 4.78 is 10.8. The SMILES string of the molecule is CN=C(NCC1(O)CCCC1)N1CCOC(COC)C1.I. The number of aliphatic hydroxyl groups is 1. The van der Waals surface area contributed by atoms with E-state index in [0.717, 1.165) is 44.7 Å². The number of nitrogens with zero attached hydrogens (tertiary/aromatic N) is 2. The lowest BCUT2D eigenvalue weighted by Crippen LogP contribution is -2.53. The molecule has 7 heteroatoms. The fourth-order valence-electron chi connectivity index (χ4n) is 2.98. The molecule has 124 valence electrons. The van der Waals surface area contributed by atoms with Gasteiger partial charge in [0.15, 0.2) is 5.96 Å². The first-order valence-electron chi connectivity index (χ1n) is 7.45. The van der Waals surface area contributed by atoms with Gasteiger partial charge in [-0.15, -0.1) is 24.0 Å². The molecule has 1 atom stereocenters. The number of hydrogen-bond acceptors (Lipinski definition) is 4. The lowest BCUT2D eigenvalue weighted by Gasteiger charge is -2.35. The summed E-state index contributed by atoms with van der Waals surface area (Å²) in [6.45, 7) is 3.44. The van der Waals surface area contributed by atoms with Gasteiger partial charge in [-0.25, -0.2) is 0 Å². The van der Waals surface area contributed by atoms with Crippen molar-refractivity contribution in [1.29, 1.82) is 0 Å². The maximum atomic E-state index is 10.4. The number of guanidine groups is 1. The van der Waals surface area contributed by atoms with E-state index in [1.165, 1.54) is 0 Å². The summed E-state index contributed by atoms with van der Waals surface area (Å²) in [6, 6.07) is 0. The Hall–Kier alpha value is -0.120. The zero-order valence-electron chi connectivity index (χ0n) is 13.0. The molecule has 21 heavy (non-hydrogen) atoms. The Labute approximate surface area is 144 Å². The molecule has 6 nitrogen and oxygen atoms in total. The van der Waals surface area contributed by atoms with Gasteiger partial charge < -0.3 is 24.8 Å². The molecule has 1 aliphatic carbocycles. The second-order valence-electron chi connectivity index (χ2n) is 5.73. The van der Waals surface area contributed by atoms with Gasteiger partial charge in [-0.05, 0) is 12.8 Å². The minimum absolute atomic E-state index is 0. The molecule has 1 saturated carbocycles.